The number of Topliss-reactive ketones (excluding diaryl/α,β-unsaturated/α-hetero) is 1. The predicted molar refractivity (Wildman–Crippen MR) is 118 cm³/mol. The van der Waals surface area contributed by atoms with Crippen molar-refractivity contribution in [2.75, 3.05) is 46.4 Å². The van der Waals surface area contributed by atoms with Crippen molar-refractivity contribution in [2.24, 2.45) is 0 Å². The van der Waals surface area contributed by atoms with Crippen molar-refractivity contribution in [2.45, 2.75) is 52.5 Å². The molecule has 1 N–H and O–H groups in total. The van der Waals surface area contributed by atoms with Gasteiger partial charge in [-0.3, -0.25) is 9.69 Å². The van der Waals surface area contributed by atoms with E-state index < -0.39 is 22.2 Å². The van der Waals surface area contributed by atoms with Crippen LogP contribution in [0.1, 0.15) is 64.7 Å². The average molecular weight is 455 g/mol. The van der Waals surface area contributed by atoms with Crippen LogP contribution >= 0.6 is 0 Å². The van der Waals surface area contributed by atoms with Crippen LogP contribution in [-0.4, -0.2) is 91.1 Å². The summed E-state index contributed by atoms with van der Waals surface area (Å²) in [6.07, 6.45) is 3.98. The van der Waals surface area contributed by atoms with E-state index in [1.807, 2.05) is 11.8 Å². The summed E-state index contributed by atoms with van der Waals surface area (Å²) < 4.78 is 34.0. The molecule has 1 aromatic rings. The minimum Gasteiger partial charge on any atom is -0.465 e. The lowest BCUT2D eigenvalue weighted by atomic mass is 10.0. The summed E-state index contributed by atoms with van der Waals surface area (Å²) in [5.41, 5.74) is 1.99. The largest absolute Gasteiger partial charge is 0.465 e. The molecule has 0 saturated carbocycles. The zero-order chi connectivity index (χ0) is 22.8. The van der Waals surface area contributed by atoms with Gasteiger partial charge in [-0.15, -0.1) is 0 Å². The van der Waals surface area contributed by atoms with E-state index in [9.17, 15) is 18.0 Å². The highest BCUT2D eigenvalue weighted by Crippen LogP contribution is 2.23. The lowest BCUT2D eigenvalue weighted by Crippen LogP contribution is -2.56. The van der Waals surface area contributed by atoms with Crippen molar-refractivity contribution in [3.8, 4) is 0 Å². The molecule has 9 nitrogen and oxygen atoms in total. The summed E-state index contributed by atoms with van der Waals surface area (Å²) >= 11 is 0. The number of aromatic nitrogens is 1. The van der Waals surface area contributed by atoms with Gasteiger partial charge in [-0.05, 0) is 39.2 Å². The molecule has 0 radical (unpaired) electrons. The fourth-order valence-electron chi connectivity index (χ4n) is 4.54. The Bertz CT molecular complexity index is 910. The molecular formula is C21H34N4O5S. The zero-order valence-corrected chi connectivity index (χ0v) is 19.8. The molecule has 10 heteroatoms. The third-order valence-electron chi connectivity index (χ3n) is 6.49. The lowest BCUT2D eigenvalue weighted by molar-refractivity contribution is 0.0599. The first-order valence-electron chi connectivity index (χ1n) is 11.0. The van der Waals surface area contributed by atoms with Gasteiger partial charge >= 0.3 is 5.97 Å². The monoisotopic (exact) mass is 454 g/mol. The van der Waals surface area contributed by atoms with Crippen LogP contribution in [0.3, 0.4) is 0 Å². The number of carbonyl (C=O) groups is 2. The maximum atomic E-state index is 13.1. The summed E-state index contributed by atoms with van der Waals surface area (Å²) in [5, 5.41) is 0. The molecule has 3 rings (SSSR count). The Morgan fingerprint density at radius 2 is 1.48 bits per heavy atom. The number of esters is 1. The van der Waals surface area contributed by atoms with Gasteiger partial charge in [0, 0.05) is 45.0 Å². The van der Waals surface area contributed by atoms with Gasteiger partial charge in [-0.25, -0.2) is 4.79 Å². The predicted octanol–water partition coefficient (Wildman–Crippen LogP) is 1.73. The topological polar surface area (TPSA) is 103 Å². The maximum absolute atomic E-state index is 13.1. The number of carbonyl (C=O) groups excluding carboxylic acids is 2. The van der Waals surface area contributed by atoms with Gasteiger partial charge in [0.1, 0.15) is 0 Å². The SMILES string of the molecule is COC(=O)c1c(C)[nH]c(C(=O)C(C)N2CCN(S(=O)(=O)N3CCCCCC3)CC2)c1C. The zero-order valence-electron chi connectivity index (χ0n) is 18.9. The molecule has 2 saturated heterocycles. The van der Waals surface area contributed by atoms with E-state index in [0.717, 1.165) is 25.7 Å². The number of ether oxygens (including phenoxy) is 1. The summed E-state index contributed by atoms with van der Waals surface area (Å²) in [7, 11) is -2.14. The number of ketones is 1. The molecule has 0 bridgehead atoms. The number of hydrogen-bond donors (Lipinski definition) is 1. The fraction of sp³-hybridized carbons (Fsp3) is 0.714. The van der Waals surface area contributed by atoms with Crippen LogP contribution in [0.25, 0.3) is 0 Å². The number of nitrogens with zero attached hydrogens (tertiary/aromatic N) is 3. The second-order valence-corrected chi connectivity index (χ2v) is 10.3. The van der Waals surface area contributed by atoms with Gasteiger partial charge in [0.2, 0.25) is 0 Å². The molecule has 0 amide bonds. The number of aryl methyl sites for hydroxylation is 1. The first-order valence-corrected chi connectivity index (χ1v) is 12.4. The molecule has 0 aromatic carbocycles. The van der Waals surface area contributed by atoms with Crippen LogP contribution in [0.2, 0.25) is 0 Å². The van der Waals surface area contributed by atoms with Crippen molar-refractivity contribution in [3.05, 3.63) is 22.5 Å². The first-order chi connectivity index (χ1) is 14.7. The second-order valence-electron chi connectivity index (χ2n) is 8.41. The van der Waals surface area contributed by atoms with Crippen LogP contribution in [0.15, 0.2) is 0 Å². The number of methoxy groups -OCH3 is 1. The summed E-state index contributed by atoms with van der Waals surface area (Å²) in [5.74, 6) is -0.579. The highest BCUT2D eigenvalue weighted by molar-refractivity contribution is 7.86. The number of nitrogens with one attached hydrogen (secondary N) is 1. The molecule has 0 spiro atoms. The Hall–Kier alpha value is -1.75. The van der Waals surface area contributed by atoms with Crippen LogP contribution in [0.5, 0.6) is 0 Å². The normalized spacial score (nSPS) is 20.9. The third kappa shape index (κ3) is 4.87. The van der Waals surface area contributed by atoms with E-state index in [1.54, 1.807) is 22.5 Å². The minimum absolute atomic E-state index is 0.112. The summed E-state index contributed by atoms with van der Waals surface area (Å²) in [4.78, 5) is 30.2. The lowest BCUT2D eigenvalue weighted by Gasteiger charge is -2.38. The third-order valence-corrected chi connectivity index (χ3v) is 8.53. The van der Waals surface area contributed by atoms with Crippen molar-refractivity contribution >= 4 is 22.0 Å². The molecule has 1 unspecified atom stereocenters. The van der Waals surface area contributed by atoms with Crippen molar-refractivity contribution in [3.63, 3.8) is 0 Å². The highest BCUT2D eigenvalue weighted by Gasteiger charge is 2.35. The van der Waals surface area contributed by atoms with Gasteiger partial charge < -0.3 is 9.72 Å². The standard InChI is InChI=1S/C21H34N4O5S/c1-15-18(21(27)30-4)16(2)22-19(15)20(26)17(3)23-11-13-25(14-12-23)31(28,29)24-9-7-5-6-8-10-24/h17,22H,5-14H2,1-4H3. The van der Waals surface area contributed by atoms with Crippen LogP contribution in [0, 0.1) is 13.8 Å². The highest BCUT2D eigenvalue weighted by atomic mass is 32.2. The Balaban J connectivity index is 1.66. The molecule has 1 atom stereocenters. The average Bonchev–Trinajstić information content (AvgIpc) is 2.94. The molecule has 174 valence electrons. The number of hydrogen-bond acceptors (Lipinski definition) is 6. The van der Waals surface area contributed by atoms with Gasteiger partial charge in [0.05, 0.1) is 24.4 Å². The molecule has 2 aliphatic heterocycles. The Labute approximate surface area is 184 Å². The van der Waals surface area contributed by atoms with Crippen molar-refractivity contribution < 1.29 is 22.7 Å². The number of aromatic amines is 1. The van der Waals surface area contributed by atoms with Crippen molar-refractivity contribution in [1.29, 1.82) is 0 Å². The Kier molecular flexibility index (Phi) is 7.56. The van der Waals surface area contributed by atoms with Gasteiger partial charge in [-0.1, -0.05) is 12.8 Å². The molecule has 2 aliphatic rings. The van der Waals surface area contributed by atoms with Crippen LogP contribution < -0.4 is 0 Å². The van der Waals surface area contributed by atoms with Gasteiger partial charge in [0.25, 0.3) is 10.2 Å². The fourth-order valence-corrected chi connectivity index (χ4v) is 6.21. The van der Waals surface area contributed by atoms with E-state index in [4.69, 9.17) is 4.74 Å². The van der Waals surface area contributed by atoms with E-state index in [0.29, 0.717) is 61.8 Å². The second kappa shape index (κ2) is 9.81. The van der Waals surface area contributed by atoms with Crippen LogP contribution in [0.4, 0.5) is 0 Å². The maximum Gasteiger partial charge on any atom is 0.339 e. The Morgan fingerprint density at radius 3 is 2.03 bits per heavy atom. The number of H-pyrrole nitrogens is 1. The van der Waals surface area contributed by atoms with E-state index >= 15 is 0 Å². The van der Waals surface area contributed by atoms with Crippen molar-refractivity contribution in [1.82, 2.24) is 18.5 Å². The van der Waals surface area contributed by atoms with E-state index in [2.05, 4.69) is 4.98 Å². The van der Waals surface area contributed by atoms with E-state index in [-0.39, 0.29) is 5.78 Å². The molecule has 3 heterocycles. The van der Waals surface area contributed by atoms with Gasteiger partial charge in [-0.2, -0.15) is 17.0 Å². The molecule has 31 heavy (non-hydrogen) atoms. The van der Waals surface area contributed by atoms with Crippen LogP contribution in [-0.2, 0) is 14.9 Å². The molecule has 1 aromatic heterocycles. The molecular weight excluding hydrogens is 420 g/mol. The minimum atomic E-state index is -3.45. The quantitative estimate of drug-likeness (QED) is 0.519. The first kappa shape index (κ1) is 23.9. The summed E-state index contributed by atoms with van der Waals surface area (Å²) in [6.45, 7) is 8.20. The van der Waals surface area contributed by atoms with E-state index in [1.165, 1.54) is 7.11 Å². The molecule has 0 aliphatic carbocycles. The number of rotatable bonds is 6. The number of piperazine rings is 1. The summed E-state index contributed by atoms with van der Waals surface area (Å²) in [6, 6.07) is -0.426. The molecule has 2 fully saturated rings. The Morgan fingerprint density at radius 1 is 0.935 bits per heavy atom. The smallest absolute Gasteiger partial charge is 0.339 e. The van der Waals surface area contributed by atoms with Gasteiger partial charge in [0.15, 0.2) is 5.78 Å².